The number of hydrogen-bond donors (Lipinski definition) is 1. The number of carboxylic acid groups (broad SMARTS) is 1. The first kappa shape index (κ1) is 13.9. The van der Waals surface area contributed by atoms with Crippen molar-refractivity contribution in [2.75, 3.05) is 6.54 Å². The van der Waals surface area contributed by atoms with E-state index in [-0.39, 0.29) is 5.91 Å². The zero-order valence-corrected chi connectivity index (χ0v) is 10.0. The van der Waals surface area contributed by atoms with E-state index in [1.807, 2.05) is 20.8 Å². The molecule has 0 saturated heterocycles. The molecule has 0 aromatic rings. The lowest BCUT2D eigenvalue weighted by molar-refractivity contribution is -0.159. The normalized spacial score (nSPS) is 14.4. The molecule has 0 saturated carbocycles. The highest BCUT2D eigenvalue weighted by Crippen LogP contribution is 2.26. The van der Waals surface area contributed by atoms with E-state index < -0.39 is 11.5 Å². The van der Waals surface area contributed by atoms with Crippen molar-refractivity contribution < 1.29 is 14.7 Å². The highest BCUT2D eigenvalue weighted by Gasteiger charge is 2.42. The van der Waals surface area contributed by atoms with Gasteiger partial charge in [-0.15, -0.1) is 0 Å². The SMILES string of the molecule is CCCC(CC)(C(=O)O)N(CC)C(C)=O. The van der Waals surface area contributed by atoms with Gasteiger partial charge >= 0.3 is 5.97 Å². The van der Waals surface area contributed by atoms with Crippen molar-refractivity contribution in [1.82, 2.24) is 4.90 Å². The first-order valence-electron chi connectivity index (χ1n) is 5.47. The van der Waals surface area contributed by atoms with Crippen LogP contribution in [0, 0.1) is 0 Å². The van der Waals surface area contributed by atoms with Crippen LogP contribution in [0.1, 0.15) is 47.0 Å². The summed E-state index contributed by atoms with van der Waals surface area (Å²) in [7, 11) is 0. The molecule has 0 aromatic heterocycles. The zero-order valence-electron chi connectivity index (χ0n) is 10.0. The molecule has 4 nitrogen and oxygen atoms in total. The van der Waals surface area contributed by atoms with Gasteiger partial charge in [0.15, 0.2) is 0 Å². The molecule has 0 spiro atoms. The number of carbonyl (C=O) groups is 2. The standard InChI is InChI=1S/C11H21NO3/c1-5-8-11(6-2,10(14)15)12(7-3)9(4)13/h5-8H2,1-4H3,(H,14,15). The first-order chi connectivity index (χ1) is 6.96. The van der Waals surface area contributed by atoms with Crippen LogP contribution in [-0.4, -0.2) is 34.0 Å². The van der Waals surface area contributed by atoms with Crippen molar-refractivity contribution in [3.05, 3.63) is 0 Å². The second-order valence-corrected chi connectivity index (χ2v) is 3.70. The van der Waals surface area contributed by atoms with E-state index in [0.29, 0.717) is 19.4 Å². The summed E-state index contributed by atoms with van der Waals surface area (Å²) in [6.07, 6.45) is 1.71. The molecule has 0 aliphatic heterocycles. The number of nitrogens with zero attached hydrogens (tertiary/aromatic N) is 1. The van der Waals surface area contributed by atoms with Gasteiger partial charge in [-0.25, -0.2) is 4.79 Å². The number of likely N-dealkylation sites (N-methyl/N-ethyl adjacent to an activating group) is 1. The largest absolute Gasteiger partial charge is 0.479 e. The van der Waals surface area contributed by atoms with Crippen molar-refractivity contribution in [1.29, 1.82) is 0 Å². The minimum atomic E-state index is -1.02. The number of hydrogen-bond acceptors (Lipinski definition) is 2. The van der Waals surface area contributed by atoms with Gasteiger partial charge in [0.2, 0.25) is 5.91 Å². The predicted molar refractivity (Wildman–Crippen MR) is 58.6 cm³/mol. The Morgan fingerprint density at radius 3 is 2.00 bits per heavy atom. The average molecular weight is 215 g/mol. The fourth-order valence-electron chi connectivity index (χ4n) is 2.12. The Bertz CT molecular complexity index is 240. The third kappa shape index (κ3) is 2.70. The van der Waals surface area contributed by atoms with Crippen LogP contribution in [-0.2, 0) is 9.59 Å². The molecular formula is C11H21NO3. The first-order valence-corrected chi connectivity index (χ1v) is 5.47. The highest BCUT2D eigenvalue weighted by atomic mass is 16.4. The molecule has 1 atom stereocenters. The van der Waals surface area contributed by atoms with Crippen LogP contribution >= 0.6 is 0 Å². The van der Waals surface area contributed by atoms with Crippen molar-refractivity contribution >= 4 is 11.9 Å². The van der Waals surface area contributed by atoms with E-state index in [1.54, 1.807) is 0 Å². The monoisotopic (exact) mass is 215 g/mol. The maximum absolute atomic E-state index is 11.4. The molecule has 1 N–H and O–H groups in total. The third-order valence-corrected chi connectivity index (χ3v) is 2.86. The summed E-state index contributed by atoms with van der Waals surface area (Å²) in [6, 6.07) is 0. The van der Waals surface area contributed by atoms with Crippen molar-refractivity contribution in [3.8, 4) is 0 Å². The Balaban J connectivity index is 5.19. The summed E-state index contributed by atoms with van der Waals surface area (Å²) in [4.78, 5) is 24.2. The second-order valence-electron chi connectivity index (χ2n) is 3.70. The number of rotatable bonds is 6. The van der Waals surface area contributed by atoms with Gasteiger partial charge in [-0.05, 0) is 19.8 Å². The van der Waals surface area contributed by atoms with Crippen LogP contribution in [0.15, 0.2) is 0 Å². The average Bonchev–Trinajstić information content (AvgIpc) is 2.16. The topological polar surface area (TPSA) is 57.6 Å². The van der Waals surface area contributed by atoms with E-state index in [9.17, 15) is 14.7 Å². The quantitative estimate of drug-likeness (QED) is 0.736. The molecule has 1 amide bonds. The minimum absolute atomic E-state index is 0.171. The number of carboxylic acids is 1. The fourth-order valence-corrected chi connectivity index (χ4v) is 2.12. The summed E-state index contributed by atoms with van der Waals surface area (Å²) in [6.45, 7) is 7.42. The molecule has 0 bridgehead atoms. The van der Waals surface area contributed by atoms with E-state index in [4.69, 9.17) is 0 Å². The summed E-state index contributed by atoms with van der Waals surface area (Å²) in [5.41, 5.74) is -1.02. The van der Waals surface area contributed by atoms with Gasteiger partial charge in [0.25, 0.3) is 0 Å². The van der Waals surface area contributed by atoms with Gasteiger partial charge in [0, 0.05) is 13.5 Å². The number of amides is 1. The maximum Gasteiger partial charge on any atom is 0.329 e. The van der Waals surface area contributed by atoms with Crippen LogP contribution < -0.4 is 0 Å². The van der Waals surface area contributed by atoms with Gasteiger partial charge < -0.3 is 10.0 Å². The predicted octanol–water partition coefficient (Wildman–Crippen LogP) is 1.89. The van der Waals surface area contributed by atoms with Gasteiger partial charge in [-0.2, -0.15) is 0 Å². The minimum Gasteiger partial charge on any atom is -0.479 e. The van der Waals surface area contributed by atoms with E-state index >= 15 is 0 Å². The summed E-state index contributed by atoms with van der Waals surface area (Å²) in [5, 5.41) is 9.31. The molecule has 0 aromatic carbocycles. The van der Waals surface area contributed by atoms with Gasteiger partial charge in [0.05, 0.1) is 0 Å². The molecule has 0 aliphatic rings. The van der Waals surface area contributed by atoms with Crippen LogP contribution in [0.4, 0.5) is 0 Å². The van der Waals surface area contributed by atoms with E-state index in [0.717, 1.165) is 6.42 Å². The third-order valence-electron chi connectivity index (χ3n) is 2.86. The second kappa shape index (κ2) is 5.73. The lowest BCUT2D eigenvalue weighted by Gasteiger charge is -2.39. The van der Waals surface area contributed by atoms with Gasteiger partial charge in [0.1, 0.15) is 5.54 Å². The Hall–Kier alpha value is -1.06. The van der Waals surface area contributed by atoms with Crippen molar-refractivity contribution in [3.63, 3.8) is 0 Å². The Kier molecular flexibility index (Phi) is 5.33. The Labute approximate surface area is 91.3 Å². The molecule has 0 rings (SSSR count). The van der Waals surface area contributed by atoms with Crippen LogP contribution in [0.25, 0.3) is 0 Å². The maximum atomic E-state index is 11.4. The highest BCUT2D eigenvalue weighted by molar-refractivity contribution is 5.86. The summed E-state index contributed by atoms with van der Waals surface area (Å²) in [5.74, 6) is -1.07. The molecule has 4 heteroatoms. The van der Waals surface area contributed by atoms with E-state index in [1.165, 1.54) is 11.8 Å². The molecule has 0 aliphatic carbocycles. The van der Waals surface area contributed by atoms with Crippen LogP contribution in [0.5, 0.6) is 0 Å². The molecular weight excluding hydrogens is 194 g/mol. The van der Waals surface area contributed by atoms with Crippen LogP contribution in [0.3, 0.4) is 0 Å². The van der Waals surface area contributed by atoms with Gasteiger partial charge in [-0.3, -0.25) is 4.79 Å². The smallest absolute Gasteiger partial charge is 0.329 e. The number of aliphatic carboxylic acids is 1. The summed E-state index contributed by atoms with van der Waals surface area (Å²) < 4.78 is 0. The summed E-state index contributed by atoms with van der Waals surface area (Å²) >= 11 is 0. The Morgan fingerprint density at radius 1 is 1.27 bits per heavy atom. The fraction of sp³-hybridized carbons (Fsp3) is 0.818. The molecule has 0 radical (unpaired) electrons. The van der Waals surface area contributed by atoms with Crippen molar-refractivity contribution in [2.24, 2.45) is 0 Å². The van der Waals surface area contributed by atoms with Gasteiger partial charge in [-0.1, -0.05) is 20.3 Å². The zero-order chi connectivity index (χ0) is 12.1. The van der Waals surface area contributed by atoms with Crippen LogP contribution in [0.2, 0.25) is 0 Å². The number of carbonyl (C=O) groups excluding carboxylic acids is 1. The lowest BCUT2D eigenvalue weighted by Crippen LogP contribution is -2.56. The van der Waals surface area contributed by atoms with E-state index in [2.05, 4.69) is 0 Å². The molecule has 0 fully saturated rings. The lowest BCUT2D eigenvalue weighted by atomic mass is 9.88. The molecule has 1 unspecified atom stereocenters. The molecule has 15 heavy (non-hydrogen) atoms. The molecule has 0 heterocycles. The Morgan fingerprint density at radius 2 is 1.80 bits per heavy atom. The van der Waals surface area contributed by atoms with Crippen molar-refractivity contribution in [2.45, 2.75) is 52.5 Å². The molecule has 88 valence electrons.